The number of carbonyl (C=O) groups excluding carboxylic acids is 4. The van der Waals surface area contributed by atoms with Crippen LogP contribution in [0, 0.1) is 33.1 Å². The third kappa shape index (κ3) is 11.0. The quantitative estimate of drug-likeness (QED) is 0.0864. The number of fused-ring (bicyclic) bond motifs is 3. The fourth-order valence-electron chi connectivity index (χ4n) is 9.51. The highest BCUT2D eigenvalue weighted by Crippen LogP contribution is 2.40. The molecule has 5 atom stereocenters. The Morgan fingerprint density at radius 1 is 0.904 bits per heavy atom. The maximum Gasteiger partial charge on any atom is 0.258 e. The molecule has 18 nitrogen and oxygen atoms in total. The maximum atomic E-state index is 14.2. The van der Waals surface area contributed by atoms with Crippen molar-refractivity contribution in [2.45, 2.75) is 123 Å². The van der Waals surface area contributed by atoms with Gasteiger partial charge in [0, 0.05) is 77.0 Å². The van der Waals surface area contributed by atoms with E-state index >= 15 is 0 Å². The Kier molecular flexibility index (Phi) is 14.6. The number of imidazole rings is 1. The van der Waals surface area contributed by atoms with E-state index in [1.165, 1.54) is 11.1 Å². The van der Waals surface area contributed by atoms with Crippen LogP contribution in [0.3, 0.4) is 0 Å². The van der Waals surface area contributed by atoms with E-state index in [9.17, 15) is 24.3 Å². The van der Waals surface area contributed by atoms with E-state index in [1.807, 2.05) is 105 Å². The number of nitrogens with zero attached hydrogens (tertiary/aromatic N) is 8. The molecule has 0 radical (unpaired) electrons. The number of likely N-dealkylation sites (tertiary alicyclic amines) is 1. The van der Waals surface area contributed by atoms with Crippen LogP contribution < -0.4 is 25.4 Å². The first-order valence-electron chi connectivity index (χ1n) is 24.4. The number of ether oxygens (including phenoxy) is 2. The van der Waals surface area contributed by atoms with Crippen molar-refractivity contribution in [1.29, 1.82) is 0 Å². The molecule has 2 aromatic carbocycles. The van der Waals surface area contributed by atoms with Crippen LogP contribution >= 0.6 is 22.9 Å². The summed E-state index contributed by atoms with van der Waals surface area (Å²) in [6.45, 7) is 14.9. The first kappa shape index (κ1) is 51.0. The number of carbonyl (C=O) groups is 4. The molecule has 2 aliphatic heterocycles. The Labute approximate surface area is 432 Å². The van der Waals surface area contributed by atoms with Crippen molar-refractivity contribution in [3.8, 4) is 22.3 Å². The molecule has 3 aliphatic rings. The Balaban J connectivity index is 0.750. The third-order valence-electron chi connectivity index (χ3n) is 13.7. The van der Waals surface area contributed by atoms with Crippen molar-refractivity contribution in [3.05, 3.63) is 129 Å². The van der Waals surface area contributed by atoms with Crippen LogP contribution in [0.15, 0.2) is 84.2 Å². The number of hydrogen-bond acceptors (Lipinski definition) is 13. The van der Waals surface area contributed by atoms with Crippen molar-refractivity contribution in [3.63, 3.8) is 0 Å². The maximum absolute atomic E-state index is 14.2. The molecule has 1 saturated heterocycles. The van der Waals surface area contributed by atoms with E-state index in [-0.39, 0.29) is 43.5 Å². The summed E-state index contributed by atoms with van der Waals surface area (Å²) in [6, 6.07) is 15.6. The van der Waals surface area contributed by atoms with Crippen LogP contribution in [0.5, 0.6) is 11.6 Å². The Morgan fingerprint density at radius 3 is 2.32 bits per heavy atom. The molecule has 20 heteroatoms. The zero-order chi connectivity index (χ0) is 51.9. The number of halogens is 1. The second kappa shape index (κ2) is 20.9. The smallest absolute Gasteiger partial charge is 0.258 e. The second-order valence-electron chi connectivity index (χ2n) is 20.1. The summed E-state index contributed by atoms with van der Waals surface area (Å²) < 4.78 is 15.8. The van der Waals surface area contributed by atoms with Crippen molar-refractivity contribution in [1.82, 2.24) is 50.1 Å². The molecular formula is C53H60ClN11O7S. The van der Waals surface area contributed by atoms with E-state index in [4.69, 9.17) is 26.1 Å². The summed E-state index contributed by atoms with van der Waals surface area (Å²) in [6.07, 6.45) is 5.27. The van der Waals surface area contributed by atoms with Gasteiger partial charge in [0.25, 0.3) is 5.91 Å². The van der Waals surface area contributed by atoms with Gasteiger partial charge in [-0.3, -0.25) is 28.7 Å². The fraction of sp³-hybridized carbons (Fsp3) is 0.415. The number of pyridine rings is 1. The van der Waals surface area contributed by atoms with Gasteiger partial charge in [0.15, 0.2) is 12.4 Å². The van der Waals surface area contributed by atoms with Gasteiger partial charge in [-0.1, -0.05) is 56.6 Å². The molecule has 2 fully saturated rings. The number of aliphatic imine (C=N–C) groups is 1. The summed E-state index contributed by atoms with van der Waals surface area (Å²) in [4.78, 5) is 71.3. The molecule has 4 amide bonds. The van der Waals surface area contributed by atoms with Crippen LogP contribution in [-0.2, 0) is 19.2 Å². The van der Waals surface area contributed by atoms with Gasteiger partial charge in [0.05, 0.1) is 30.5 Å². The van der Waals surface area contributed by atoms with E-state index in [0.717, 1.165) is 55.2 Å². The molecule has 1 aliphatic carbocycles. The van der Waals surface area contributed by atoms with Crippen LogP contribution in [0.1, 0.15) is 110 Å². The van der Waals surface area contributed by atoms with Gasteiger partial charge in [0.1, 0.15) is 46.6 Å². The van der Waals surface area contributed by atoms with Gasteiger partial charge in [-0.15, -0.1) is 21.5 Å². The average molecular weight is 1030 g/mol. The zero-order valence-electron chi connectivity index (χ0n) is 42.1. The predicted octanol–water partition coefficient (Wildman–Crippen LogP) is 6.55. The molecule has 73 heavy (non-hydrogen) atoms. The fourth-order valence-corrected chi connectivity index (χ4v) is 10.8. The van der Waals surface area contributed by atoms with E-state index in [2.05, 4.69) is 50.0 Å². The van der Waals surface area contributed by atoms with Gasteiger partial charge in [-0.25, -0.2) is 9.97 Å². The highest BCUT2D eigenvalue weighted by atomic mass is 35.5. The van der Waals surface area contributed by atoms with Crippen molar-refractivity contribution >= 4 is 52.3 Å². The van der Waals surface area contributed by atoms with Gasteiger partial charge < -0.3 is 40.0 Å². The van der Waals surface area contributed by atoms with Gasteiger partial charge in [-0.2, -0.15) is 0 Å². The van der Waals surface area contributed by atoms with E-state index in [0.29, 0.717) is 35.3 Å². The molecule has 0 spiro atoms. The number of benzene rings is 2. The molecule has 4 aromatic heterocycles. The minimum Gasteiger partial charge on any atom is -0.482 e. The standard InChI is InChI=1S/C53H60ClN11O7S/c1-28-30(3)73-52-46(28)47(34-9-13-35(54)14-10-34)59-41(49-62-61-32(5)65(49)52)24-43(67)58-36-21-40(22-36)72-45-18-17-39(25-56-45)71-27-44(68)60-48(53(6,7)8)51(70)64-26-38(66)23-42(64)50(69)57-29(2)33-11-15-37(16-12-33)63-20-19-55-31(63)4/h9-20,25,29,36,38,40-42,48,66H,21-24,26-27H2,1-8H3,(H,57,69)(H,58,67)(H,60,68)/t29-,36?,38+,40?,41-,42-,48?/m0/s1. The molecule has 9 rings (SSSR count). The molecule has 6 aromatic rings. The van der Waals surface area contributed by atoms with Crippen molar-refractivity contribution < 1.29 is 33.8 Å². The molecule has 1 unspecified atom stereocenters. The number of aliphatic hydroxyl groups is 1. The highest BCUT2D eigenvalue weighted by Gasteiger charge is 2.45. The lowest BCUT2D eigenvalue weighted by Gasteiger charge is -2.35. The summed E-state index contributed by atoms with van der Waals surface area (Å²) >= 11 is 7.92. The first-order valence-corrected chi connectivity index (χ1v) is 25.6. The number of thiophene rings is 1. The molecule has 0 bridgehead atoms. The second-order valence-corrected chi connectivity index (χ2v) is 21.8. The molecule has 382 valence electrons. The molecule has 6 heterocycles. The van der Waals surface area contributed by atoms with Crippen molar-refractivity contribution in [2.24, 2.45) is 10.4 Å². The molecule has 4 N–H and O–H groups in total. The van der Waals surface area contributed by atoms with Gasteiger partial charge in [0.2, 0.25) is 23.6 Å². The Morgan fingerprint density at radius 2 is 1.64 bits per heavy atom. The largest absolute Gasteiger partial charge is 0.482 e. The van der Waals surface area contributed by atoms with Gasteiger partial charge >= 0.3 is 0 Å². The zero-order valence-corrected chi connectivity index (χ0v) is 43.6. The van der Waals surface area contributed by atoms with Crippen LogP contribution in [0.4, 0.5) is 0 Å². The number of nitrogens with one attached hydrogen (secondary N) is 3. The summed E-state index contributed by atoms with van der Waals surface area (Å²) in [5.41, 5.74) is 4.84. The SMILES string of the molecule is Cc1sc2c(c1C)C(c1ccc(Cl)cc1)=N[C@@H](CC(=O)NC1CC(Oc3ccc(OCC(=O)NC(C(=O)N4C[C@H](O)C[C@H]4C(=O)N[C@@H](C)c4ccc(-n5ccnc5C)cc4)C(C)(C)C)cn3)C1)c1nnc(C)n1-2. The number of rotatable bonds is 15. The first-order chi connectivity index (χ1) is 34.8. The van der Waals surface area contributed by atoms with Gasteiger partial charge in [-0.05, 0) is 81.5 Å². The number of amides is 4. The number of aryl methyl sites for hydroxylation is 3. The summed E-state index contributed by atoms with van der Waals surface area (Å²) in [5, 5.41) is 30.2. The molecule has 1 saturated carbocycles. The summed E-state index contributed by atoms with van der Waals surface area (Å²) in [7, 11) is 0. The number of aromatic nitrogens is 6. The summed E-state index contributed by atoms with van der Waals surface area (Å²) in [5.74, 6) is 1.27. The van der Waals surface area contributed by atoms with Crippen molar-refractivity contribution in [2.75, 3.05) is 13.2 Å². The number of hydrogen-bond donors (Lipinski definition) is 4. The number of aliphatic hydroxyl groups excluding tert-OH is 1. The molecular weight excluding hydrogens is 970 g/mol. The van der Waals surface area contributed by atoms with E-state index in [1.54, 1.807) is 29.7 Å². The number of β-amino-alcohol motifs (C(OH)–C–C–N with tert-alkyl or cyclic N) is 1. The topological polar surface area (TPSA) is 220 Å². The lowest BCUT2D eigenvalue weighted by Crippen LogP contribution is -2.58. The normalized spacial score (nSPS) is 20.1. The minimum atomic E-state index is -1.03. The van der Waals surface area contributed by atoms with Crippen LogP contribution in [0.25, 0.3) is 10.7 Å². The van der Waals surface area contributed by atoms with Crippen LogP contribution in [0.2, 0.25) is 5.02 Å². The third-order valence-corrected chi connectivity index (χ3v) is 15.1. The Bertz CT molecular complexity index is 3050. The highest BCUT2D eigenvalue weighted by molar-refractivity contribution is 7.15. The lowest BCUT2D eigenvalue weighted by molar-refractivity contribution is -0.144. The lowest BCUT2D eigenvalue weighted by atomic mass is 9.85. The monoisotopic (exact) mass is 1030 g/mol. The minimum absolute atomic E-state index is 0.0510. The van der Waals surface area contributed by atoms with Crippen LogP contribution in [-0.4, -0.2) is 112 Å². The van der Waals surface area contributed by atoms with E-state index < -0.39 is 54.0 Å². The predicted molar refractivity (Wildman–Crippen MR) is 276 cm³/mol. The average Bonchev–Trinajstić information content (AvgIpc) is 4.11. The Hall–Kier alpha value is -6.96.